The van der Waals surface area contributed by atoms with Crippen molar-refractivity contribution >= 4 is 11.9 Å². The number of carbonyl (C=O) groups is 2. The number of likely N-dealkylation sites (tertiary alicyclic amines) is 2. The van der Waals surface area contributed by atoms with Gasteiger partial charge >= 0.3 is 5.97 Å². The molecule has 31 heavy (non-hydrogen) atoms. The van der Waals surface area contributed by atoms with E-state index in [1.807, 2.05) is 12.1 Å². The Morgan fingerprint density at radius 1 is 1.16 bits per heavy atom. The molecule has 7 nitrogen and oxygen atoms in total. The zero-order valence-electron chi connectivity index (χ0n) is 17.9. The van der Waals surface area contributed by atoms with Crippen molar-refractivity contribution in [1.82, 2.24) is 14.8 Å². The average Bonchev–Trinajstić information content (AvgIpc) is 2.80. The largest absolute Gasteiger partial charge is 0.465 e. The molecule has 2 aromatic rings. The lowest BCUT2D eigenvalue weighted by Gasteiger charge is -2.49. The summed E-state index contributed by atoms with van der Waals surface area (Å²) in [5.41, 5.74) is 2.24. The van der Waals surface area contributed by atoms with Crippen molar-refractivity contribution in [1.29, 1.82) is 0 Å². The van der Waals surface area contributed by atoms with Crippen LogP contribution in [0.1, 0.15) is 45.5 Å². The average molecular weight is 424 g/mol. The number of hydrogen-bond donors (Lipinski definition) is 1. The van der Waals surface area contributed by atoms with Crippen LogP contribution in [0.15, 0.2) is 48.8 Å². The lowest BCUT2D eigenvalue weighted by atomic mass is 9.71. The number of esters is 1. The van der Waals surface area contributed by atoms with Crippen LogP contribution in [0.25, 0.3) is 0 Å². The Morgan fingerprint density at radius 2 is 1.90 bits per heavy atom. The van der Waals surface area contributed by atoms with Crippen molar-refractivity contribution in [3.63, 3.8) is 0 Å². The van der Waals surface area contributed by atoms with Gasteiger partial charge in [0.25, 0.3) is 5.91 Å². The number of hydrogen-bond acceptors (Lipinski definition) is 6. The number of ether oxygens (including phenoxy) is 1. The van der Waals surface area contributed by atoms with E-state index in [0.717, 1.165) is 44.5 Å². The maximum atomic E-state index is 12.9. The smallest absolute Gasteiger partial charge is 0.337 e. The summed E-state index contributed by atoms with van der Waals surface area (Å²) in [4.78, 5) is 32.7. The zero-order valence-corrected chi connectivity index (χ0v) is 17.9. The first-order valence-electron chi connectivity index (χ1n) is 10.7. The summed E-state index contributed by atoms with van der Waals surface area (Å²) in [6.07, 6.45) is 5.38. The predicted octanol–water partition coefficient (Wildman–Crippen LogP) is 2.36. The maximum absolute atomic E-state index is 12.9. The second-order valence-electron chi connectivity index (χ2n) is 8.75. The summed E-state index contributed by atoms with van der Waals surface area (Å²) in [7, 11) is 1.38. The zero-order chi connectivity index (χ0) is 21.8. The molecule has 1 spiro atoms. The molecule has 3 heterocycles. The molecule has 2 aliphatic heterocycles. The Bertz CT molecular complexity index is 908. The quantitative estimate of drug-likeness (QED) is 0.761. The van der Waals surface area contributed by atoms with Crippen molar-refractivity contribution in [2.45, 2.75) is 31.9 Å². The molecule has 2 aliphatic rings. The summed E-state index contributed by atoms with van der Waals surface area (Å²) in [5, 5.41) is 10.5. The SMILES string of the molecule is COC(=O)c1ccc(CN2CCC3(CC2)CC(O)CN(C(=O)c2cccnc2)C3)cc1. The molecule has 1 unspecified atom stereocenters. The van der Waals surface area contributed by atoms with E-state index >= 15 is 0 Å². The number of aromatic nitrogens is 1. The number of aliphatic hydroxyl groups is 1. The van der Waals surface area contributed by atoms with Crippen LogP contribution in [0.5, 0.6) is 0 Å². The Kier molecular flexibility index (Phi) is 6.34. The van der Waals surface area contributed by atoms with Crippen molar-refractivity contribution < 1.29 is 19.4 Å². The molecule has 7 heteroatoms. The van der Waals surface area contributed by atoms with Crippen LogP contribution in [-0.2, 0) is 11.3 Å². The fourth-order valence-electron chi connectivity index (χ4n) is 4.85. The third-order valence-corrected chi connectivity index (χ3v) is 6.52. The topological polar surface area (TPSA) is 83.0 Å². The summed E-state index contributed by atoms with van der Waals surface area (Å²) in [6.45, 7) is 3.71. The molecule has 0 saturated carbocycles. The molecule has 0 aliphatic carbocycles. The number of benzene rings is 1. The van der Waals surface area contributed by atoms with E-state index in [1.54, 1.807) is 41.6 Å². The second-order valence-corrected chi connectivity index (χ2v) is 8.75. The molecule has 0 bridgehead atoms. The van der Waals surface area contributed by atoms with Gasteiger partial charge in [0.2, 0.25) is 0 Å². The number of nitrogens with zero attached hydrogens (tertiary/aromatic N) is 3. The van der Waals surface area contributed by atoms with Crippen LogP contribution >= 0.6 is 0 Å². The Balaban J connectivity index is 1.36. The van der Waals surface area contributed by atoms with Crippen LogP contribution in [0.4, 0.5) is 0 Å². The Hall–Kier alpha value is -2.77. The molecule has 1 aromatic carbocycles. The van der Waals surface area contributed by atoms with E-state index in [4.69, 9.17) is 4.74 Å². The molecule has 2 saturated heterocycles. The van der Waals surface area contributed by atoms with Crippen molar-refractivity contribution in [2.75, 3.05) is 33.3 Å². The molecule has 164 valence electrons. The molecule has 4 rings (SSSR count). The number of rotatable bonds is 4. The number of pyridine rings is 1. The van der Waals surface area contributed by atoms with E-state index in [1.165, 1.54) is 7.11 Å². The minimum Gasteiger partial charge on any atom is -0.465 e. The third-order valence-electron chi connectivity index (χ3n) is 6.52. The molecule has 1 N–H and O–H groups in total. The summed E-state index contributed by atoms with van der Waals surface area (Å²) < 4.78 is 4.75. The van der Waals surface area contributed by atoms with E-state index < -0.39 is 6.10 Å². The molecule has 1 atom stereocenters. The first-order valence-corrected chi connectivity index (χ1v) is 10.7. The van der Waals surface area contributed by atoms with Gasteiger partial charge in [0.1, 0.15) is 0 Å². The normalized spacial score (nSPS) is 21.1. The van der Waals surface area contributed by atoms with E-state index in [9.17, 15) is 14.7 Å². The maximum Gasteiger partial charge on any atom is 0.337 e. The standard InChI is InChI=1S/C24H29N3O4/c1-31-23(30)19-6-4-18(5-7-19)15-26-11-8-24(9-12-26)13-21(28)16-27(17-24)22(29)20-3-2-10-25-14-20/h2-7,10,14,21,28H,8-9,11-13,15-17H2,1H3. The van der Waals surface area contributed by atoms with Crippen LogP contribution in [0.2, 0.25) is 0 Å². The summed E-state index contributed by atoms with van der Waals surface area (Å²) in [6, 6.07) is 11.1. The summed E-state index contributed by atoms with van der Waals surface area (Å²) >= 11 is 0. The van der Waals surface area contributed by atoms with Gasteiger partial charge < -0.3 is 14.7 Å². The van der Waals surface area contributed by atoms with Gasteiger partial charge in [-0.2, -0.15) is 0 Å². The van der Waals surface area contributed by atoms with E-state index in [2.05, 4.69) is 9.88 Å². The van der Waals surface area contributed by atoms with Crippen molar-refractivity contribution in [3.05, 3.63) is 65.5 Å². The highest BCUT2D eigenvalue weighted by atomic mass is 16.5. The van der Waals surface area contributed by atoms with Gasteiger partial charge in [0, 0.05) is 32.0 Å². The number of amides is 1. The number of aliphatic hydroxyl groups excluding tert-OH is 1. The molecule has 1 aromatic heterocycles. The van der Waals surface area contributed by atoms with Gasteiger partial charge in [-0.1, -0.05) is 12.1 Å². The minimum absolute atomic E-state index is 0.0409. The van der Waals surface area contributed by atoms with Gasteiger partial charge in [-0.05, 0) is 67.6 Å². The van der Waals surface area contributed by atoms with Crippen LogP contribution in [-0.4, -0.2) is 71.2 Å². The molecular formula is C24H29N3O4. The van der Waals surface area contributed by atoms with Crippen molar-refractivity contribution in [3.8, 4) is 0 Å². The first kappa shape index (κ1) is 21.5. The molecular weight excluding hydrogens is 394 g/mol. The van der Waals surface area contributed by atoms with Gasteiger partial charge in [-0.25, -0.2) is 4.79 Å². The highest BCUT2D eigenvalue weighted by Gasteiger charge is 2.42. The molecule has 0 radical (unpaired) electrons. The fraction of sp³-hybridized carbons (Fsp3) is 0.458. The minimum atomic E-state index is -0.494. The number of β-amino-alcohol motifs (C(OH)–C–C–N with tert-alkyl or cyclic N) is 1. The molecule has 1 amide bonds. The van der Waals surface area contributed by atoms with Gasteiger partial charge in [-0.15, -0.1) is 0 Å². The van der Waals surface area contributed by atoms with E-state index in [0.29, 0.717) is 24.2 Å². The Labute approximate surface area is 182 Å². The number of piperidine rings is 2. The van der Waals surface area contributed by atoms with Gasteiger partial charge in [0.15, 0.2) is 0 Å². The lowest BCUT2D eigenvalue weighted by molar-refractivity contribution is -0.0337. The summed E-state index contributed by atoms with van der Waals surface area (Å²) in [5.74, 6) is -0.382. The van der Waals surface area contributed by atoms with Crippen LogP contribution in [0, 0.1) is 5.41 Å². The first-order chi connectivity index (χ1) is 15.0. The number of methoxy groups -OCH3 is 1. The third kappa shape index (κ3) is 4.94. The number of carbonyl (C=O) groups excluding carboxylic acids is 2. The Morgan fingerprint density at radius 3 is 2.55 bits per heavy atom. The fourth-order valence-corrected chi connectivity index (χ4v) is 4.85. The highest BCUT2D eigenvalue weighted by molar-refractivity contribution is 5.94. The lowest BCUT2D eigenvalue weighted by Crippen LogP contribution is -2.55. The molecule has 2 fully saturated rings. The van der Waals surface area contributed by atoms with Gasteiger partial charge in [-0.3, -0.25) is 14.7 Å². The van der Waals surface area contributed by atoms with E-state index in [-0.39, 0.29) is 17.3 Å². The van der Waals surface area contributed by atoms with Crippen molar-refractivity contribution in [2.24, 2.45) is 5.41 Å². The second kappa shape index (κ2) is 9.16. The monoisotopic (exact) mass is 423 g/mol. The van der Waals surface area contributed by atoms with Crippen LogP contribution in [0.3, 0.4) is 0 Å². The predicted molar refractivity (Wildman–Crippen MR) is 115 cm³/mol. The highest BCUT2D eigenvalue weighted by Crippen LogP contribution is 2.40. The van der Waals surface area contributed by atoms with Crippen LogP contribution < -0.4 is 0 Å². The van der Waals surface area contributed by atoms with Gasteiger partial charge in [0.05, 0.1) is 24.3 Å².